The van der Waals surface area contributed by atoms with Crippen molar-refractivity contribution in [1.82, 2.24) is 5.32 Å². The number of fused-ring (bicyclic) bond motifs is 1. The van der Waals surface area contributed by atoms with Crippen molar-refractivity contribution in [3.05, 3.63) is 52.8 Å². The summed E-state index contributed by atoms with van der Waals surface area (Å²) in [5.41, 5.74) is 0.534. The van der Waals surface area contributed by atoms with Crippen molar-refractivity contribution >= 4 is 29.1 Å². The number of hydrogen-bond donors (Lipinski definition) is 1. The fourth-order valence-corrected chi connectivity index (χ4v) is 3.51. The van der Waals surface area contributed by atoms with Gasteiger partial charge in [0, 0.05) is 37.2 Å². The molecule has 0 aromatic heterocycles. The van der Waals surface area contributed by atoms with Gasteiger partial charge in [0.2, 0.25) is 12.7 Å². The van der Waals surface area contributed by atoms with Gasteiger partial charge in [-0.1, -0.05) is 17.7 Å². The SMILES string of the molecule is O=C(NCC1CC(=O)N(c2ccc3c(c2)OCO3)C1)c1c(F)cccc1Cl. The second kappa shape index (κ2) is 7.08. The van der Waals surface area contributed by atoms with Crippen molar-refractivity contribution in [2.75, 3.05) is 24.8 Å². The van der Waals surface area contributed by atoms with E-state index < -0.39 is 11.7 Å². The molecule has 2 amide bonds. The molecule has 8 heteroatoms. The Labute approximate surface area is 159 Å². The van der Waals surface area contributed by atoms with Gasteiger partial charge in [-0.3, -0.25) is 9.59 Å². The Balaban J connectivity index is 1.40. The molecule has 2 heterocycles. The van der Waals surface area contributed by atoms with Gasteiger partial charge in [-0.15, -0.1) is 0 Å². The molecule has 1 unspecified atom stereocenters. The monoisotopic (exact) mass is 390 g/mol. The van der Waals surface area contributed by atoms with Crippen LogP contribution in [0.3, 0.4) is 0 Å². The number of nitrogens with one attached hydrogen (secondary N) is 1. The summed E-state index contributed by atoms with van der Waals surface area (Å²) < 4.78 is 24.4. The summed E-state index contributed by atoms with van der Waals surface area (Å²) in [5, 5.41) is 2.72. The second-order valence-electron chi connectivity index (χ2n) is 6.42. The number of carbonyl (C=O) groups is 2. The Kier molecular flexibility index (Phi) is 4.61. The Morgan fingerprint density at radius 1 is 1.26 bits per heavy atom. The standard InChI is InChI=1S/C19H16ClFN2O4/c20-13-2-1-3-14(21)18(13)19(25)22-8-11-6-17(24)23(9-11)12-4-5-15-16(7-12)27-10-26-15/h1-5,7,11H,6,8-10H2,(H,22,25). The van der Waals surface area contributed by atoms with Crippen LogP contribution in [-0.4, -0.2) is 31.7 Å². The van der Waals surface area contributed by atoms with E-state index in [-0.39, 0.29) is 35.7 Å². The third-order valence-corrected chi connectivity index (χ3v) is 4.93. The van der Waals surface area contributed by atoms with Crippen LogP contribution in [0.5, 0.6) is 11.5 Å². The van der Waals surface area contributed by atoms with Crippen LogP contribution in [-0.2, 0) is 4.79 Å². The number of ether oxygens (including phenoxy) is 2. The fourth-order valence-electron chi connectivity index (χ4n) is 3.26. The number of amides is 2. The average molecular weight is 391 g/mol. The maximum atomic E-state index is 13.8. The molecule has 140 valence electrons. The van der Waals surface area contributed by atoms with Crippen LogP contribution in [0, 0.1) is 11.7 Å². The van der Waals surface area contributed by atoms with Gasteiger partial charge in [-0.2, -0.15) is 0 Å². The lowest BCUT2D eigenvalue weighted by Gasteiger charge is -2.17. The van der Waals surface area contributed by atoms with Gasteiger partial charge in [-0.05, 0) is 24.3 Å². The highest BCUT2D eigenvalue weighted by Crippen LogP contribution is 2.37. The topological polar surface area (TPSA) is 67.9 Å². The number of halogens is 2. The molecule has 0 radical (unpaired) electrons. The molecule has 1 atom stereocenters. The minimum Gasteiger partial charge on any atom is -0.454 e. The molecule has 2 aromatic rings. The summed E-state index contributed by atoms with van der Waals surface area (Å²) in [5.74, 6) is -0.145. The van der Waals surface area contributed by atoms with Crippen LogP contribution in [0.25, 0.3) is 0 Å². The summed E-state index contributed by atoms with van der Waals surface area (Å²) in [6.07, 6.45) is 0.291. The second-order valence-corrected chi connectivity index (χ2v) is 6.83. The highest BCUT2D eigenvalue weighted by atomic mass is 35.5. The first-order chi connectivity index (χ1) is 13.0. The van der Waals surface area contributed by atoms with Crippen molar-refractivity contribution in [2.24, 2.45) is 5.92 Å². The van der Waals surface area contributed by atoms with Crippen LogP contribution in [0.15, 0.2) is 36.4 Å². The molecule has 2 aliphatic heterocycles. The summed E-state index contributed by atoms with van der Waals surface area (Å²) >= 11 is 5.91. The first kappa shape index (κ1) is 17.6. The highest BCUT2D eigenvalue weighted by Gasteiger charge is 2.32. The van der Waals surface area contributed by atoms with Crippen molar-refractivity contribution < 1.29 is 23.5 Å². The normalized spacial score (nSPS) is 18.1. The van der Waals surface area contributed by atoms with Gasteiger partial charge in [-0.25, -0.2) is 4.39 Å². The minimum absolute atomic E-state index is 0.0444. The Bertz CT molecular complexity index is 900. The third kappa shape index (κ3) is 3.42. The van der Waals surface area contributed by atoms with Crippen LogP contribution in [0.4, 0.5) is 10.1 Å². The first-order valence-electron chi connectivity index (χ1n) is 8.45. The largest absolute Gasteiger partial charge is 0.454 e. The van der Waals surface area contributed by atoms with Crippen molar-refractivity contribution in [3.63, 3.8) is 0 Å². The highest BCUT2D eigenvalue weighted by molar-refractivity contribution is 6.33. The molecule has 1 N–H and O–H groups in total. The summed E-state index contributed by atoms with van der Waals surface area (Å²) in [6.45, 7) is 0.861. The Morgan fingerprint density at radius 3 is 2.89 bits per heavy atom. The zero-order valence-electron chi connectivity index (χ0n) is 14.2. The van der Waals surface area contributed by atoms with Gasteiger partial charge in [0.15, 0.2) is 11.5 Å². The van der Waals surface area contributed by atoms with Crippen molar-refractivity contribution in [1.29, 1.82) is 0 Å². The lowest BCUT2D eigenvalue weighted by molar-refractivity contribution is -0.117. The van der Waals surface area contributed by atoms with Gasteiger partial charge in [0.1, 0.15) is 5.82 Å². The van der Waals surface area contributed by atoms with Gasteiger partial charge < -0.3 is 19.7 Å². The molecule has 27 heavy (non-hydrogen) atoms. The van der Waals surface area contributed by atoms with Crippen molar-refractivity contribution in [2.45, 2.75) is 6.42 Å². The zero-order chi connectivity index (χ0) is 19.0. The van der Waals surface area contributed by atoms with E-state index in [9.17, 15) is 14.0 Å². The smallest absolute Gasteiger partial charge is 0.255 e. The number of anilines is 1. The molecule has 1 fully saturated rings. The van der Waals surface area contributed by atoms with Gasteiger partial charge in [0.25, 0.3) is 5.91 Å². The summed E-state index contributed by atoms with van der Waals surface area (Å²) in [7, 11) is 0. The van der Waals surface area contributed by atoms with E-state index >= 15 is 0 Å². The van der Waals surface area contributed by atoms with Crippen molar-refractivity contribution in [3.8, 4) is 11.5 Å². The molecule has 6 nitrogen and oxygen atoms in total. The Morgan fingerprint density at radius 2 is 2.07 bits per heavy atom. The number of hydrogen-bond acceptors (Lipinski definition) is 4. The van der Waals surface area contributed by atoms with Crippen LogP contribution >= 0.6 is 11.6 Å². The predicted molar refractivity (Wildman–Crippen MR) is 96.8 cm³/mol. The maximum Gasteiger partial charge on any atom is 0.255 e. The van der Waals surface area contributed by atoms with Gasteiger partial charge >= 0.3 is 0 Å². The molecule has 0 bridgehead atoms. The summed E-state index contributed by atoms with van der Waals surface area (Å²) in [6, 6.07) is 9.40. The molecule has 0 spiro atoms. The first-order valence-corrected chi connectivity index (χ1v) is 8.83. The van der Waals surface area contributed by atoms with Crippen LogP contribution in [0.2, 0.25) is 5.02 Å². The molecular weight excluding hydrogens is 375 g/mol. The molecule has 2 aliphatic rings. The number of benzene rings is 2. The molecule has 0 saturated carbocycles. The van der Waals surface area contributed by atoms with Crippen LogP contribution < -0.4 is 19.7 Å². The number of carbonyl (C=O) groups excluding carboxylic acids is 2. The number of nitrogens with zero attached hydrogens (tertiary/aromatic N) is 1. The predicted octanol–water partition coefficient (Wildman–Crippen LogP) is 2.99. The zero-order valence-corrected chi connectivity index (χ0v) is 15.0. The molecule has 2 aromatic carbocycles. The quantitative estimate of drug-likeness (QED) is 0.871. The maximum absolute atomic E-state index is 13.8. The third-order valence-electron chi connectivity index (χ3n) is 4.61. The lowest BCUT2D eigenvalue weighted by atomic mass is 10.1. The van der Waals surface area contributed by atoms with E-state index in [2.05, 4.69) is 5.32 Å². The number of rotatable bonds is 4. The molecular formula is C19H16ClFN2O4. The van der Waals surface area contributed by atoms with E-state index in [1.165, 1.54) is 18.2 Å². The van der Waals surface area contributed by atoms with E-state index in [0.717, 1.165) is 5.69 Å². The average Bonchev–Trinajstić information content (AvgIpc) is 3.25. The summed E-state index contributed by atoms with van der Waals surface area (Å²) in [4.78, 5) is 26.3. The van der Waals surface area contributed by atoms with Gasteiger partial charge in [0.05, 0.1) is 10.6 Å². The fraction of sp³-hybridized carbons (Fsp3) is 0.263. The van der Waals surface area contributed by atoms with E-state index in [1.807, 2.05) is 0 Å². The van der Waals surface area contributed by atoms with E-state index in [0.29, 0.717) is 24.5 Å². The molecule has 0 aliphatic carbocycles. The van der Waals surface area contributed by atoms with E-state index in [1.54, 1.807) is 23.1 Å². The molecule has 4 rings (SSSR count). The van der Waals surface area contributed by atoms with E-state index in [4.69, 9.17) is 21.1 Å². The minimum atomic E-state index is -0.676. The molecule has 1 saturated heterocycles. The Hall–Kier alpha value is -2.80. The van der Waals surface area contributed by atoms with Crippen LogP contribution in [0.1, 0.15) is 16.8 Å². The lowest BCUT2D eigenvalue weighted by Crippen LogP contribution is -2.31.